The Hall–Kier alpha value is -2.31. The molecule has 3 heterocycles. The molecule has 1 fully saturated rings. The van der Waals surface area contributed by atoms with Crippen molar-refractivity contribution in [3.8, 4) is 0 Å². The third kappa shape index (κ3) is 3.31. The minimum absolute atomic E-state index is 0.198. The number of carbonyl (C=O) groups excluding carboxylic acids is 1. The number of hydrogen-bond donors (Lipinski definition) is 0. The summed E-state index contributed by atoms with van der Waals surface area (Å²) in [5.74, 6) is 0. The molecule has 1 atom stereocenters. The molecule has 6 heteroatoms. The van der Waals surface area contributed by atoms with Gasteiger partial charge < -0.3 is 14.2 Å². The summed E-state index contributed by atoms with van der Waals surface area (Å²) in [6.45, 7) is 7.56. The number of ether oxygens (including phenoxy) is 1. The summed E-state index contributed by atoms with van der Waals surface area (Å²) in [4.78, 5) is 17.8. The topological polar surface area (TPSA) is 37.7 Å². The fraction of sp³-hybridized carbons (Fsp3) is 0.409. The van der Waals surface area contributed by atoms with Gasteiger partial charge in [0.05, 0.1) is 12.6 Å². The van der Waals surface area contributed by atoms with Crippen LogP contribution in [0, 0.1) is 6.92 Å². The molecule has 0 saturated carbocycles. The van der Waals surface area contributed by atoms with Gasteiger partial charge in [0.15, 0.2) is 0 Å². The van der Waals surface area contributed by atoms with E-state index in [4.69, 9.17) is 4.74 Å². The van der Waals surface area contributed by atoms with Crippen molar-refractivity contribution in [1.82, 2.24) is 14.4 Å². The number of thiophene rings is 1. The van der Waals surface area contributed by atoms with Gasteiger partial charge in [-0.25, -0.2) is 4.79 Å². The fourth-order valence-corrected chi connectivity index (χ4v) is 5.09. The van der Waals surface area contributed by atoms with Crippen molar-refractivity contribution in [3.63, 3.8) is 0 Å². The van der Waals surface area contributed by atoms with Crippen molar-refractivity contribution >= 4 is 28.3 Å². The summed E-state index contributed by atoms with van der Waals surface area (Å²) in [5, 5.41) is 3.46. The van der Waals surface area contributed by atoms with E-state index >= 15 is 0 Å². The summed E-state index contributed by atoms with van der Waals surface area (Å²) < 4.78 is 7.47. The molecule has 1 saturated heterocycles. The third-order valence-electron chi connectivity index (χ3n) is 5.74. The molecule has 4 rings (SSSR count). The van der Waals surface area contributed by atoms with Crippen LogP contribution in [0.5, 0.6) is 0 Å². The Balaban J connectivity index is 1.70. The lowest BCUT2D eigenvalue weighted by Gasteiger charge is -2.38. The number of aromatic nitrogens is 1. The maximum Gasteiger partial charge on any atom is 0.409 e. The van der Waals surface area contributed by atoms with Crippen molar-refractivity contribution in [2.45, 2.75) is 19.9 Å². The van der Waals surface area contributed by atoms with Gasteiger partial charge in [-0.05, 0) is 31.4 Å². The zero-order valence-electron chi connectivity index (χ0n) is 16.7. The Morgan fingerprint density at radius 2 is 1.89 bits per heavy atom. The number of carbonyl (C=O) groups is 1. The van der Waals surface area contributed by atoms with Gasteiger partial charge >= 0.3 is 6.09 Å². The molecule has 1 aromatic carbocycles. The second kappa shape index (κ2) is 7.97. The number of piperazine rings is 1. The number of benzene rings is 1. The zero-order valence-corrected chi connectivity index (χ0v) is 17.5. The molecule has 0 bridgehead atoms. The largest absolute Gasteiger partial charge is 0.450 e. The van der Waals surface area contributed by atoms with Crippen LogP contribution in [0.4, 0.5) is 4.79 Å². The van der Waals surface area contributed by atoms with Crippen LogP contribution >= 0.6 is 11.3 Å². The molecular formula is C22H27N3O2S. The number of hydrogen-bond acceptors (Lipinski definition) is 4. The maximum absolute atomic E-state index is 12.1. The summed E-state index contributed by atoms with van der Waals surface area (Å²) in [6, 6.07) is 13.2. The first-order valence-corrected chi connectivity index (χ1v) is 10.7. The van der Waals surface area contributed by atoms with Crippen LogP contribution in [0.3, 0.4) is 0 Å². The molecule has 1 aliphatic rings. The molecular weight excluding hydrogens is 370 g/mol. The number of amides is 1. The van der Waals surface area contributed by atoms with Gasteiger partial charge in [0.2, 0.25) is 0 Å². The summed E-state index contributed by atoms with van der Waals surface area (Å²) in [5.41, 5.74) is 3.94. The quantitative estimate of drug-likeness (QED) is 0.654. The van der Waals surface area contributed by atoms with E-state index in [1.807, 2.05) is 11.8 Å². The number of fused-ring (bicyclic) bond motifs is 1. The Kier molecular flexibility index (Phi) is 5.42. The van der Waals surface area contributed by atoms with Gasteiger partial charge in [0.1, 0.15) is 0 Å². The molecule has 2 aromatic heterocycles. The monoisotopic (exact) mass is 397 g/mol. The predicted molar refractivity (Wildman–Crippen MR) is 114 cm³/mol. The van der Waals surface area contributed by atoms with E-state index < -0.39 is 0 Å². The lowest BCUT2D eigenvalue weighted by atomic mass is 9.99. The molecule has 1 unspecified atom stereocenters. The van der Waals surface area contributed by atoms with Crippen LogP contribution in [0.15, 0.2) is 41.8 Å². The molecule has 0 aliphatic carbocycles. The number of nitrogens with zero attached hydrogens (tertiary/aromatic N) is 3. The number of aryl methyl sites for hydroxylation is 1. The van der Waals surface area contributed by atoms with E-state index in [2.05, 4.69) is 65.2 Å². The Morgan fingerprint density at radius 1 is 1.14 bits per heavy atom. The van der Waals surface area contributed by atoms with Gasteiger partial charge in [0, 0.05) is 60.3 Å². The highest BCUT2D eigenvalue weighted by Crippen LogP contribution is 2.39. The molecule has 1 amide bonds. The molecule has 1 aliphatic heterocycles. The van der Waals surface area contributed by atoms with Crippen molar-refractivity contribution in [1.29, 1.82) is 0 Å². The highest BCUT2D eigenvalue weighted by atomic mass is 32.1. The highest BCUT2D eigenvalue weighted by molar-refractivity contribution is 7.10. The Labute approximate surface area is 170 Å². The Morgan fingerprint density at radius 3 is 2.57 bits per heavy atom. The molecule has 0 N–H and O–H groups in total. The van der Waals surface area contributed by atoms with Crippen LogP contribution in [0.2, 0.25) is 0 Å². The number of para-hydroxylation sites is 1. The van der Waals surface area contributed by atoms with E-state index in [1.54, 1.807) is 11.3 Å². The summed E-state index contributed by atoms with van der Waals surface area (Å²) >= 11 is 1.81. The van der Waals surface area contributed by atoms with Crippen molar-refractivity contribution in [2.24, 2.45) is 7.05 Å². The van der Waals surface area contributed by atoms with Crippen molar-refractivity contribution in [2.75, 3.05) is 32.8 Å². The maximum atomic E-state index is 12.1. The molecule has 5 nitrogen and oxygen atoms in total. The van der Waals surface area contributed by atoms with Gasteiger partial charge in [-0.15, -0.1) is 11.3 Å². The van der Waals surface area contributed by atoms with Gasteiger partial charge in [0.25, 0.3) is 0 Å². The van der Waals surface area contributed by atoms with Gasteiger partial charge in [-0.2, -0.15) is 0 Å². The van der Waals surface area contributed by atoms with Crippen LogP contribution in [0.25, 0.3) is 10.9 Å². The standard InChI is InChI=1S/C22H27N3O2S/c1-4-27-22(26)25-13-11-24(12-14-25)21(19-10-7-15-28-19)20-16(2)23(3)18-9-6-5-8-17(18)20/h5-10,15,21H,4,11-14H2,1-3H3. The lowest BCUT2D eigenvalue weighted by molar-refractivity contribution is 0.0720. The van der Waals surface area contributed by atoms with Crippen molar-refractivity contribution in [3.05, 3.63) is 57.9 Å². The lowest BCUT2D eigenvalue weighted by Crippen LogP contribution is -2.50. The van der Waals surface area contributed by atoms with Gasteiger partial charge in [-0.1, -0.05) is 24.3 Å². The third-order valence-corrected chi connectivity index (χ3v) is 6.66. The van der Waals surface area contributed by atoms with E-state index in [-0.39, 0.29) is 12.1 Å². The molecule has 0 spiro atoms. The van der Waals surface area contributed by atoms with E-state index in [1.165, 1.54) is 27.0 Å². The number of rotatable bonds is 4. The molecule has 148 valence electrons. The van der Waals surface area contributed by atoms with E-state index in [0.29, 0.717) is 19.7 Å². The second-order valence-corrected chi connectivity index (χ2v) is 8.19. The predicted octanol–water partition coefficient (Wildman–Crippen LogP) is 4.41. The minimum Gasteiger partial charge on any atom is -0.450 e. The SMILES string of the molecule is CCOC(=O)N1CCN(C(c2cccs2)c2c(C)n(C)c3ccccc23)CC1. The summed E-state index contributed by atoms with van der Waals surface area (Å²) in [6.07, 6.45) is -0.198. The van der Waals surface area contributed by atoms with Gasteiger partial charge in [-0.3, -0.25) is 4.90 Å². The normalized spacial score (nSPS) is 16.5. The van der Waals surface area contributed by atoms with E-state index in [9.17, 15) is 4.79 Å². The smallest absolute Gasteiger partial charge is 0.409 e. The first-order valence-electron chi connectivity index (χ1n) is 9.85. The average Bonchev–Trinajstić information content (AvgIpc) is 3.33. The first-order chi connectivity index (χ1) is 13.6. The average molecular weight is 398 g/mol. The minimum atomic E-state index is -0.198. The molecule has 0 radical (unpaired) electrons. The van der Waals surface area contributed by atoms with Crippen molar-refractivity contribution < 1.29 is 9.53 Å². The van der Waals surface area contributed by atoms with Crippen LogP contribution in [-0.2, 0) is 11.8 Å². The van der Waals surface area contributed by atoms with Crippen LogP contribution < -0.4 is 0 Å². The summed E-state index contributed by atoms with van der Waals surface area (Å²) in [7, 11) is 2.14. The zero-order chi connectivity index (χ0) is 19.7. The van der Waals surface area contributed by atoms with E-state index in [0.717, 1.165) is 13.1 Å². The van der Waals surface area contributed by atoms with Crippen LogP contribution in [-0.4, -0.2) is 53.2 Å². The Bertz CT molecular complexity index is 956. The molecule has 3 aromatic rings. The highest BCUT2D eigenvalue weighted by Gasteiger charge is 2.32. The fourth-order valence-electron chi connectivity index (χ4n) is 4.22. The first kappa shape index (κ1) is 19.0. The second-order valence-electron chi connectivity index (χ2n) is 7.22. The van der Waals surface area contributed by atoms with Crippen LogP contribution in [0.1, 0.15) is 29.1 Å². The molecule has 28 heavy (non-hydrogen) atoms.